The summed E-state index contributed by atoms with van der Waals surface area (Å²) in [6, 6.07) is 0.00748. The van der Waals surface area contributed by atoms with Crippen LogP contribution in [0, 0.1) is 11.8 Å². The van der Waals surface area contributed by atoms with Crippen LogP contribution in [0.25, 0.3) is 0 Å². The Morgan fingerprint density at radius 3 is 2.38 bits per heavy atom. The van der Waals surface area contributed by atoms with Crippen molar-refractivity contribution in [1.29, 1.82) is 0 Å². The molecule has 1 saturated heterocycles. The molecule has 2 N–H and O–H groups in total. The summed E-state index contributed by atoms with van der Waals surface area (Å²) in [5, 5.41) is 12.1. The van der Waals surface area contributed by atoms with E-state index < -0.39 is 5.97 Å². The molecule has 3 fully saturated rings. The number of carboxylic acid groups (broad SMARTS) is 1. The summed E-state index contributed by atoms with van der Waals surface area (Å²) < 4.78 is 0. The molecular weight excluding hydrogens is 308 g/mol. The van der Waals surface area contributed by atoms with Crippen molar-refractivity contribution in [2.75, 3.05) is 6.54 Å². The summed E-state index contributed by atoms with van der Waals surface area (Å²) in [5.74, 6) is -0.995. The molecule has 0 aromatic heterocycles. The number of rotatable bonds is 6. The lowest BCUT2D eigenvalue weighted by Gasteiger charge is -2.26. The smallest absolute Gasteiger partial charge is 0.305 e. The standard InChI is InChI=1S/C18H28N2O4/c21-16-9-13(11-20(16)14-7-3-4-8-14)18(24)19-15(10-17(22)23)12-5-1-2-6-12/h12-15H,1-11H2,(H,19,24)(H,22,23). The Bertz CT molecular complexity index is 495. The number of amides is 2. The fourth-order valence-electron chi connectivity index (χ4n) is 4.66. The fourth-order valence-corrected chi connectivity index (χ4v) is 4.66. The summed E-state index contributed by atoms with van der Waals surface area (Å²) in [7, 11) is 0. The Balaban J connectivity index is 1.58. The number of aliphatic carboxylic acids is 1. The van der Waals surface area contributed by atoms with Gasteiger partial charge in [-0.15, -0.1) is 0 Å². The van der Waals surface area contributed by atoms with Crippen LogP contribution in [0.3, 0.4) is 0 Å². The van der Waals surface area contributed by atoms with Crippen LogP contribution in [0.2, 0.25) is 0 Å². The maximum atomic E-state index is 12.6. The van der Waals surface area contributed by atoms with Crippen molar-refractivity contribution in [2.24, 2.45) is 11.8 Å². The molecule has 0 aromatic rings. The Morgan fingerprint density at radius 2 is 1.75 bits per heavy atom. The Labute approximate surface area is 143 Å². The van der Waals surface area contributed by atoms with E-state index in [1.54, 1.807) is 0 Å². The molecular formula is C18H28N2O4. The van der Waals surface area contributed by atoms with E-state index in [9.17, 15) is 14.4 Å². The highest BCUT2D eigenvalue weighted by atomic mass is 16.4. The lowest BCUT2D eigenvalue weighted by atomic mass is 9.94. The lowest BCUT2D eigenvalue weighted by molar-refractivity contribution is -0.138. The molecule has 0 spiro atoms. The highest BCUT2D eigenvalue weighted by Gasteiger charge is 2.40. The second-order valence-electron chi connectivity index (χ2n) is 7.64. The number of nitrogens with zero attached hydrogens (tertiary/aromatic N) is 1. The third kappa shape index (κ3) is 3.90. The summed E-state index contributed by atoms with van der Waals surface area (Å²) in [6.07, 6.45) is 8.83. The molecule has 0 aromatic carbocycles. The van der Waals surface area contributed by atoms with Gasteiger partial charge in [0.2, 0.25) is 11.8 Å². The zero-order valence-corrected chi connectivity index (χ0v) is 14.2. The van der Waals surface area contributed by atoms with Crippen LogP contribution in [0.4, 0.5) is 0 Å². The number of hydrogen-bond donors (Lipinski definition) is 2. The molecule has 6 heteroatoms. The van der Waals surface area contributed by atoms with Crippen LogP contribution < -0.4 is 5.32 Å². The van der Waals surface area contributed by atoms with Crippen LogP contribution >= 0.6 is 0 Å². The summed E-state index contributed by atoms with van der Waals surface area (Å²) in [5.41, 5.74) is 0. The molecule has 2 amide bonds. The van der Waals surface area contributed by atoms with Gasteiger partial charge >= 0.3 is 5.97 Å². The van der Waals surface area contributed by atoms with E-state index >= 15 is 0 Å². The van der Waals surface area contributed by atoms with Crippen molar-refractivity contribution in [2.45, 2.75) is 76.3 Å². The van der Waals surface area contributed by atoms with Gasteiger partial charge in [-0.1, -0.05) is 25.7 Å². The van der Waals surface area contributed by atoms with E-state index in [0.717, 1.165) is 51.4 Å². The first-order chi connectivity index (χ1) is 11.5. The van der Waals surface area contributed by atoms with Crippen LogP contribution in [0.15, 0.2) is 0 Å². The zero-order valence-electron chi connectivity index (χ0n) is 14.2. The molecule has 3 rings (SSSR count). The van der Waals surface area contributed by atoms with Crippen LogP contribution in [-0.4, -0.2) is 46.4 Å². The van der Waals surface area contributed by atoms with Crippen molar-refractivity contribution < 1.29 is 19.5 Å². The number of likely N-dealkylation sites (tertiary alicyclic amines) is 1. The van der Waals surface area contributed by atoms with Gasteiger partial charge in [0.1, 0.15) is 0 Å². The van der Waals surface area contributed by atoms with Gasteiger partial charge in [-0.25, -0.2) is 0 Å². The van der Waals surface area contributed by atoms with E-state index in [-0.39, 0.29) is 42.5 Å². The summed E-state index contributed by atoms with van der Waals surface area (Å²) in [4.78, 5) is 37.9. The molecule has 2 unspecified atom stereocenters. The molecule has 2 saturated carbocycles. The highest BCUT2D eigenvalue weighted by molar-refractivity contribution is 5.89. The minimum absolute atomic E-state index is 0.0244. The van der Waals surface area contributed by atoms with Gasteiger partial charge in [-0.3, -0.25) is 14.4 Å². The third-order valence-electron chi connectivity index (χ3n) is 5.99. The van der Waals surface area contributed by atoms with Crippen molar-refractivity contribution >= 4 is 17.8 Å². The summed E-state index contributed by atoms with van der Waals surface area (Å²) in [6.45, 7) is 0.500. The molecule has 2 atom stereocenters. The van der Waals surface area contributed by atoms with E-state index in [1.165, 1.54) is 0 Å². The number of carboxylic acids is 1. The maximum absolute atomic E-state index is 12.6. The van der Waals surface area contributed by atoms with Crippen molar-refractivity contribution in [3.63, 3.8) is 0 Å². The topological polar surface area (TPSA) is 86.7 Å². The first-order valence-electron chi connectivity index (χ1n) is 9.36. The monoisotopic (exact) mass is 336 g/mol. The summed E-state index contributed by atoms with van der Waals surface area (Å²) >= 11 is 0. The van der Waals surface area contributed by atoms with Gasteiger partial charge in [-0.05, 0) is 31.6 Å². The molecule has 1 aliphatic heterocycles. The first kappa shape index (κ1) is 17.2. The van der Waals surface area contributed by atoms with Crippen LogP contribution in [-0.2, 0) is 14.4 Å². The van der Waals surface area contributed by atoms with E-state index in [1.807, 2.05) is 4.90 Å². The van der Waals surface area contributed by atoms with Gasteiger partial charge < -0.3 is 15.3 Å². The van der Waals surface area contributed by atoms with E-state index in [0.29, 0.717) is 12.6 Å². The van der Waals surface area contributed by atoms with Gasteiger partial charge in [0.15, 0.2) is 0 Å². The number of nitrogens with one attached hydrogen (secondary N) is 1. The average molecular weight is 336 g/mol. The normalized spacial score (nSPS) is 26.9. The van der Waals surface area contributed by atoms with Gasteiger partial charge in [0.05, 0.1) is 12.3 Å². The molecule has 0 bridgehead atoms. The second-order valence-corrected chi connectivity index (χ2v) is 7.64. The minimum atomic E-state index is -0.873. The lowest BCUT2D eigenvalue weighted by Crippen LogP contribution is -2.44. The predicted molar refractivity (Wildman–Crippen MR) is 88.2 cm³/mol. The Morgan fingerprint density at radius 1 is 1.12 bits per heavy atom. The van der Waals surface area contributed by atoms with Crippen LogP contribution in [0.5, 0.6) is 0 Å². The Kier molecular flexibility index (Phi) is 5.41. The molecule has 3 aliphatic rings. The SMILES string of the molecule is O=C(O)CC(NC(=O)C1CC(=O)N(C2CCCC2)C1)C1CCCC1. The molecule has 0 radical (unpaired) electrons. The predicted octanol–water partition coefficient (Wildman–Crippen LogP) is 1.93. The van der Waals surface area contributed by atoms with Gasteiger partial charge in [0, 0.05) is 25.0 Å². The van der Waals surface area contributed by atoms with Gasteiger partial charge in [0.25, 0.3) is 0 Å². The third-order valence-corrected chi connectivity index (χ3v) is 5.99. The molecule has 6 nitrogen and oxygen atoms in total. The first-order valence-corrected chi connectivity index (χ1v) is 9.36. The highest BCUT2D eigenvalue weighted by Crippen LogP contribution is 2.31. The molecule has 24 heavy (non-hydrogen) atoms. The van der Waals surface area contributed by atoms with Crippen LogP contribution in [0.1, 0.15) is 64.2 Å². The van der Waals surface area contributed by atoms with Crippen molar-refractivity contribution in [3.05, 3.63) is 0 Å². The molecule has 1 heterocycles. The quantitative estimate of drug-likeness (QED) is 0.776. The number of carbonyl (C=O) groups excluding carboxylic acids is 2. The maximum Gasteiger partial charge on any atom is 0.305 e. The van der Waals surface area contributed by atoms with Crippen molar-refractivity contribution in [3.8, 4) is 0 Å². The second kappa shape index (κ2) is 7.53. The zero-order chi connectivity index (χ0) is 17.1. The largest absolute Gasteiger partial charge is 0.481 e. The number of carbonyl (C=O) groups is 3. The van der Waals surface area contributed by atoms with E-state index in [2.05, 4.69) is 5.32 Å². The van der Waals surface area contributed by atoms with Crippen molar-refractivity contribution in [1.82, 2.24) is 10.2 Å². The molecule has 2 aliphatic carbocycles. The average Bonchev–Trinajstić information content (AvgIpc) is 3.27. The number of hydrogen-bond acceptors (Lipinski definition) is 3. The fraction of sp³-hybridized carbons (Fsp3) is 0.833. The Hall–Kier alpha value is -1.59. The van der Waals surface area contributed by atoms with E-state index in [4.69, 9.17) is 5.11 Å². The van der Waals surface area contributed by atoms with Gasteiger partial charge in [-0.2, -0.15) is 0 Å². The minimum Gasteiger partial charge on any atom is -0.481 e. The molecule has 134 valence electrons.